The fourth-order valence-electron chi connectivity index (χ4n) is 4.25. The van der Waals surface area contributed by atoms with Gasteiger partial charge in [-0.2, -0.15) is 0 Å². The molecule has 0 radical (unpaired) electrons. The van der Waals surface area contributed by atoms with Gasteiger partial charge in [-0.15, -0.1) is 0 Å². The molecule has 1 saturated heterocycles. The lowest BCUT2D eigenvalue weighted by Crippen LogP contribution is -2.46. The summed E-state index contributed by atoms with van der Waals surface area (Å²) in [6.45, 7) is 5.05. The van der Waals surface area contributed by atoms with Gasteiger partial charge in [0.1, 0.15) is 0 Å². The van der Waals surface area contributed by atoms with Crippen LogP contribution in [0.2, 0.25) is 0 Å². The van der Waals surface area contributed by atoms with Crippen molar-refractivity contribution >= 4 is 27.7 Å². The third kappa shape index (κ3) is 3.20. The summed E-state index contributed by atoms with van der Waals surface area (Å²) in [6.07, 6.45) is 4.40. The summed E-state index contributed by atoms with van der Waals surface area (Å²) >= 11 is 0. The lowest BCUT2D eigenvalue weighted by atomic mass is 10.1. The second-order valence-electron chi connectivity index (χ2n) is 7.46. The van der Waals surface area contributed by atoms with Crippen LogP contribution in [0.5, 0.6) is 0 Å². The number of para-hydroxylation sites is 2. The molecule has 28 heavy (non-hydrogen) atoms. The molecule has 2 N–H and O–H groups in total. The number of piperazine rings is 1. The monoisotopic (exact) mass is 376 g/mol. The highest BCUT2D eigenvalue weighted by atomic mass is 16.4. The van der Waals surface area contributed by atoms with Crippen LogP contribution in [0.15, 0.2) is 57.9 Å². The molecule has 3 heterocycles. The van der Waals surface area contributed by atoms with E-state index in [9.17, 15) is 4.79 Å². The average molecular weight is 376 g/mol. The molecule has 0 bridgehead atoms. The molecule has 6 nitrogen and oxygen atoms in total. The normalized spacial score (nSPS) is 15.6. The highest BCUT2D eigenvalue weighted by Crippen LogP contribution is 2.26. The first-order chi connectivity index (χ1) is 13.8. The predicted molar refractivity (Wildman–Crippen MR) is 112 cm³/mol. The number of rotatable bonds is 5. The molecule has 5 rings (SSSR count). The van der Waals surface area contributed by atoms with Crippen LogP contribution in [-0.4, -0.2) is 47.6 Å². The largest absolute Gasteiger partial charge is 0.417 e. The van der Waals surface area contributed by atoms with Gasteiger partial charge in [0.2, 0.25) is 0 Å². The van der Waals surface area contributed by atoms with Gasteiger partial charge in [0.25, 0.3) is 0 Å². The van der Waals surface area contributed by atoms with Crippen molar-refractivity contribution in [2.24, 2.45) is 0 Å². The second kappa shape index (κ2) is 7.20. The van der Waals surface area contributed by atoms with Crippen LogP contribution >= 0.6 is 0 Å². The number of anilines is 1. The molecule has 2 aromatic carbocycles. The van der Waals surface area contributed by atoms with E-state index in [2.05, 4.69) is 50.2 Å². The maximum Gasteiger partial charge on any atom is 0.417 e. The summed E-state index contributed by atoms with van der Waals surface area (Å²) in [5, 5.41) is 1.34. The minimum Gasteiger partial charge on any atom is -0.406 e. The number of H-pyrrole nitrogens is 2. The molecule has 0 saturated carbocycles. The first-order valence-corrected chi connectivity index (χ1v) is 9.92. The van der Waals surface area contributed by atoms with E-state index in [1.54, 1.807) is 0 Å². The van der Waals surface area contributed by atoms with E-state index in [0.29, 0.717) is 5.58 Å². The fourth-order valence-corrected chi connectivity index (χ4v) is 4.25. The number of aryl methyl sites for hydroxylation is 1. The molecule has 144 valence electrons. The highest BCUT2D eigenvalue weighted by molar-refractivity contribution is 5.86. The lowest BCUT2D eigenvalue weighted by molar-refractivity contribution is 0.255. The summed E-state index contributed by atoms with van der Waals surface area (Å²) in [5.74, 6) is -0.390. The van der Waals surface area contributed by atoms with Crippen molar-refractivity contribution < 1.29 is 4.42 Å². The van der Waals surface area contributed by atoms with E-state index in [0.717, 1.165) is 56.8 Å². The zero-order chi connectivity index (χ0) is 18.9. The molecule has 0 amide bonds. The molecular weight excluding hydrogens is 352 g/mol. The van der Waals surface area contributed by atoms with Crippen LogP contribution in [0.1, 0.15) is 12.0 Å². The van der Waals surface area contributed by atoms with Gasteiger partial charge in [-0.25, -0.2) is 4.79 Å². The van der Waals surface area contributed by atoms with Gasteiger partial charge in [0, 0.05) is 43.3 Å². The molecule has 4 aromatic rings. The van der Waals surface area contributed by atoms with E-state index < -0.39 is 5.76 Å². The van der Waals surface area contributed by atoms with E-state index in [1.807, 2.05) is 18.2 Å². The summed E-state index contributed by atoms with van der Waals surface area (Å²) in [5.41, 5.74) is 5.07. The Hall–Kier alpha value is -2.99. The van der Waals surface area contributed by atoms with Gasteiger partial charge < -0.3 is 14.3 Å². The number of nitrogens with zero attached hydrogens (tertiary/aromatic N) is 2. The zero-order valence-electron chi connectivity index (χ0n) is 15.8. The Morgan fingerprint density at radius 1 is 0.964 bits per heavy atom. The highest BCUT2D eigenvalue weighted by Gasteiger charge is 2.20. The van der Waals surface area contributed by atoms with Crippen molar-refractivity contribution in [2.45, 2.75) is 12.8 Å². The Kier molecular flexibility index (Phi) is 4.41. The quantitative estimate of drug-likeness (QED) is 0.560. The summed E-state index contributed by atoms with van der Waals surface area (Å²) in [4.78, 5) is 22.5. The Morgan fingerprint density at radius 2 is 1.79 bits per heavy atom. The molecule has 2 aromatic heterocycles. The van der Waals surface area contributed by atoms with Gasteiger partial charge in [-0.05, 0) is 43.1 Å². The molecule has 0 atom stereocenters. The van der Waals surface area contributed by atoms with Crippen LogP contribution in [0, 0.1) is 0 Å². The fraction of sp³-hybridized carbons (Fsp3) is 0.318. The second-order valence-corrected chi connectivity index (χ2v) is 7.46. The average Bonchev–Trinajstić information content (AvgIpc) is 3.31. The number of benzene rings is 2. The van der Waals surface area contributed by atoms with Gasteiger partial charge >= 0.3 is 5.76 Å². The van der Waals surface area contributed by atoms with Crippen molar-refractivity contribution in [3.05, 3.63) is 64.8 Å². The summed E-state index contributed by atoms with van der Waals surface area (Å²) in [6, 6.07) is 14.4. The summed E-state index contributed by atoms with van der Waals surface area (Å²) < 4.78 is 5.35. The van der Waals surface area contributed by atoms with Crippen molar-refractivity contribution in [2.75, 3.05) is 37.6 Å². The number of nitrogens with one attached hydrogen (secondary N) is 2. The van der Waals surface area contributed by atoms with Crippen LogP contribution in [0.25, 0.3) is 22.0 Å². The maximum absolute atomic E-state index is 11.5. The minimum atomic E-state index is -0.390. The SMILES string of the molecule is O=c1[nH]c2cccc(N3CCN(CCCc4c[nH]c5ccccc45)CC3)c2o1. The van der Waals surface area contributed by atoms with Crippen molar-refractivity contribution in [1.29, 1.82) is 0 Å². The molecule has 0 aliphatic carbocycles. The number of hydrogen-bond acceptors (Lipinski definition) is 4. The number of fused-ring (bicyclic) bond motifs is 2. The predicted octanol–water partition coefficient (Wildman–Crippen LogP) is 3.36. The van der Waals surface area contributed by atoms with Gasteiger partial charge in [-0.3, -0.25) is 9.88 Å². The topological polar surface area (TPSA) is 68.3 Å². The summed E-state index contributed by atoms with van der Waals surface area (Å²) in [7, 11) is 0. The molecule has 6 heteroatoms. The van der Waals surface area contributed by atoms with Crippen LogP contribution in [0.4, 0.5) is 5.69 Å². The standard InChI is InChI=1S/C22H24N4O2/c27-22-24-19-8-3-9-20(21(19)28-22)26-13-11-25(12-14-26)10-4-5-16-15-23-18-7-2-1-6-17(16)18/h1-3,6-9,15,23H,4-5,10-14H2,(H,24,27). The van der Waals surface area contributed by atoms with Crippen molar-refractivity contribution in [3.63, 3.8) is 0 Å². The van der Waals surface area contributed by atoms with Crippen molar-refractivity contribution in [3.8, 4) is 0 Å². The van der Waals surface area contributed by atoms with E-state index >= 15 is 0 Å². The zero-order valence-corrected chi connectivity index (χ0v) is 15.8. The molecule has 1 aliphatic rings. The molecule has 1 fully saturated rings. The molecular formula is C22H24N4O2. The molecule has 1 aliphatic heterocycles. The van der Waals surface area contributed by atoms with Crippen LogP contribution in [0.3, 0.4) is 0 Å². The Morgan fingerprint density at radius 3 is 2.68 bits per heavy atom. The first kappa shape index (κ1) is 17.1. The first-order valence-electron chi connectivity index (χ1n) is 9.92. The Bertz CT molecular complexity index is 1150. The minimum absolute atomic E-state index is 0.390. The number of aromatic nitrogens is 2. The van der Waals surface area contributed by atoms with Gasteiger partial charge in [0.05, 0.1) is 11.2 Å². The smallest absolute Gasteiger partial charge is 0.406 e. The van der Waals surface area contributed by atoms with Crippen molar-refractivity contribution in [1.82, 2.24) is 14.9 Å². The Balaban J connectivity index is 1.18. The van der Waals surface area contributed by atoms with Gasteiger partial charge in [-0.1, -0.05) is 24.3 Å². The Labute approximate surface area is 162 Å². The molecule has 0 spiro atoms. The third-order valence-corrected chi connectivity index (χ3v) is 5.73. The van der Waals surface area contributed by atoms with Crippen LogP contribution < -0.4 is 10.7 Å². The van der Waals surface area contributed by atoms with E-state index in [-0.39, 0.29) is 0 Å². The van der Waals surface area contributed by atoms with E-state index in [1.165, 1.54) is 16.5 Å². The molecule has 0 unspecified atom stereocenters. The lowest BCUT2D eigenvalue weighted by Gasteiger charge is -2.36. The third-order valence-electron chi connectivity index (χ3n) is 5.73. The number of hydrogen-bond donors (Lipinski definition) is 2. The maximum atomic E-state index is 11.5. The number of aromatic amines is 2. The van der Waals surface area contributed by atoms with Gasteiger partial charge in [0.15, 0.2) is 5.58 Å². The number of oxazole rings is 1. The van der Waals surface area contributed by atoms with Crippen LogP contribution in [-0.2, 0) is 6.42 Å². The van der Waals surface area contributed by atoms with E-state index in [4.69, 9.17) is 4.42 Å².